The second-order valence-electron chi connectivity index (χ2n) is 6.07. The van der Waals surface area contributed by atoms with E-state index in [9.17, 15) is 4.79 Å². The number of hydrogen-bond acceptors (Lipinski definition) is 6. The number of carbonyl (C=O) groups is 1. The SMILES string of the molecule is COc1ccc(OC)c(Nc2cncc(C(=O)NCCCN(C)C)c2)c1. The molecule has 1 amide bonds. The molecule has 2 N–H and O–H groups in total. The van der Waals surface area contributed by atoms with Crippen LogP contribution in [0.5, 0.6) is 11.5 Å². The summed E-state index contributed by atoms with van der Waals surface area (Å²) in [5.74, 6) is 1.23. The molecule has 140 valence electrons. The number of nitrogens with one attached hydrogen (secondary N) is 2. The first-order chi connectivity index (χ1) is 12.5. The maximum Gasteiger partial charge on any atom is 0.252 e. The number of hydrogen-bond donors (Lipinski definition) is 2. The van der Waals surface area contributed by atoms with E-state index < -0.39 is 0 Å². The summed E-state index contributed by atoms with van der Waals surface area (Å²) in [6.45, 7) is 1.55. The molecule has 0 spiro atoms. The molecule has 7 nitrogen and oxygen atoms in total. The summed E-state index contributed by atoms with van der Waals surface area (Å²) < 4.78 is 10.6. The quantitative estimate of drug-likeness (QED) is 0.671. The van der Waals surface area contributed by atoms with Crippen molar-refractivity contribution in [1.82, 2.24) is 15.2 Å². The Labute approximate surface area is 154 Å². The standard InChI is InChI=1S/C19H26N4O3/c1-23(2)9-5-8-21-19(24)14-10-15(13-20-12-14)22-17-11-16(25-3)6-7-18(17)26-4/h6-7,10-13,22H,5,8-9H2,1-4H3,(H,21,24). The van der Waals surface area contributed by atoms with E-state index in [-0.39, 0.29) is 5.91 Å². The topological polar surface area (TPSA) is 75.7 Å². The third-order valence-electron chi connectivity index (χ3n) is 3.75. The number of anilines is 2. The van der Waals surface area contributed by atoms with Gasteiger partial charge in [-0.15, -0.1) is 0 Å². The average molecular weight is 358 g/mol. The smallest absolute Gasteiger partial charge is 0.252 e. The first-order valence-electron chi connectivity index (χ1n) is 8.40. The van der Waals surface area contributed by atoms with E-state index >= 15 is 0 Å². The van der Waals surface area contributed by atoms with E-state index in [0.29, 0.717) is 29.3 Å². The lowest BCUT2D eigenvalue weighted by molar-refractivity contribution is 0.0952. The van der Waals surface area contributed by atoms with Gasteiger partial charge in [-0.25, -0.2) is 0 Å². The molecule has 0 aliphatic rings. The van der Waals surface area contributed by atoms with Gasteiger partial charge in [-0.1, -0.05) is 0 Å². The Balaban J connectivity index is 2.06. The third-order valence-corrected chi connectivity index (χ3v) is 3.75. The summed E-state index contributed by atoms with van der Waals surface area (Å²) in [5, 5.41) is 6.13. The average Bonchev–Trinajstić information content (AvgIpc) is 2.65. The lowest BCUT2D eigenvalue weighted by Gasteiger charge is -2.13. The first-order valence-corrected chi connectivity index (χ1v) is 8.40. The van der Waals surface area contributed by atoms with Gasteiger partial charge in [-0.05, 0) is 45.3 Å². The third kappa shape index (κ3) is 5.63. The van der Waals surface area contributed by atoms with Crippen LogP contribution in [0.4, 0.5) is 11.4 Å². The summed E-state index contributed by atoms with van der Waals surface area (Å²) in [6.07, 6.45) is 4.10. The van der Waals surface area contributed by atoms with Crippen molar-refractivity contribution in [3.8, 4) is 11.5 Å². The number of benzene rings is 1. The number of aromatic nitrogens is 1. The number of pyridine rings is 1. The van der Waals surface area contributed by atoms with Crippen molar-refractivity contribution in [2.45, 2.75) is 6.42 Å². The Hall–Kier alpha value is -2.80. The van der Waals surface area contributed by atoms with E-state index in [2.05, 4.69) is 20.5 Å². The molecule has 1 aromatic carbocycles. The minimum atomic E-state index is -0.141. The van der Waals surface area contributed by atoms with Crippen molar-refractivity contribution in [3.63, 3.8) is 0 Å². The van der Waals surface area contributed by atoms with Crippen molar-refractivity contribution in [2.24, 2.45) is 0 Å². The zero-order valence-electron chi connectivity index (χ0n) is 15.7. The van der Waals surface area contributed by atoms with Crippen molar-refractivity contribution < 1.29 is 14.3 Å². The fraction of sp³-hybridized carbons (Fsp3) is 0.368. The fourth-order valence-electron chi connectivity index (χ4n) is 2.40. The summed E-state index contributed by atoms with van der Waals surface area (Å²) in [5.41, 5.74) is 1.93. The zero-order chi connectivity index (χ0) is 18.9. The largest absolute Gasteiger partial charge is 0.497 e. The van der Waals surface area contributed by atoms with Crippen LogP contribution in [-0.2, 0) is 0 Å². The van der Waals surface area contributed by atoms with Crippen molar-refractivity contribution in [3.05, 3.63) is 42.2 Å². The molecule has 0 radical (unpaired) electrons. The molecule has 0 unspecified atom stereocenters. The highest BCUT2D eigenvalue weighted by atomic mass is 16.5. The number of methoxy groups -OCH3 is 2. The minimum Gasteiger partial charge on any atom is -0.497 e. The summed E-state index contributed by atoms with van der Waals surface area (Å²) in [4.78, 5) is 18.5. The zero-order valence-corrected chi connectivity index (χ0v) is 15.7. The van der Waals surface area contributed by atoms with Crippen LogP contribution >= 0.6 is 0 Å². The predicted molar refractivity (Wildman–Crippen MR) is 103 cm³/mol. The van der Waals surface area contributed by atoms with Gasteiger partial charge in [-0.3, -0.25) is 9.78 Å². The maximum atomic E-state index is 12.3. The molecule has 1 aromatic heterocycles. The Morgan fingerprint density at radius 3 is 2.65 bits per heavy atom. The highest BCUT2D eigenvalue weighted by Gasteiger charge is 2.09. The number of carbonyl (C=O) groups excluding carboxylic acids is 1. The van der Waals surface area contributed by atoms with Crippen LogP contribution < -0.4 is 20.1 Å². The number of rotatable bonds is 9. The molecule has 0 fully saturated rings. The fourth-order valence-corrected chi connectivity index (χ4v) is 2.40. The molecule has 26 heavy (non-hydrogen) atoms. The maximum absolute atomic E-state index is 12.3. The van der Waals surface area contributed by atoms with Crippen LogP contribution in [0.15, 0.2) is 36.7 Å². The second-order valence-corrected chi connectivity index (χ2v) is 6.07. The molecule has 1 heterocycles. The van der Waals surface area contributed by atoms with Crippen molar-refractivity contribution >= 4 is 17.3 Å². The van der Waals surface area contributed by atoms with Crippen LogP contribution in [0.2, 0.25) is 0 Å². The molecule has 0 bridgehead atoms. The Bertz CT molecular complexity index is 734. The van der Waals surface area contributed by atoms with Crippen LogP contribution in [0.3, 0.4) is 0 Å². The molecular weight excluding hydrogens is 332 g/mol. The lowest BCUT2D eigenvalue weighted by Crippen LogP contribution is -2.27. The van der Waals surface area contributed by atoms with Gasteiger partial charge in [0.25, 0.3) is 5.91 Å². The Morgan fingerprint density at radius 1 is 1.15 bits per heavy atom. The monoisotopic (exact) mass is 358 g/mol. The van der Waals surface area contributed by atoms with Crippen LogP contribution in [0, 0.1) is 0 Å². The van der Waals surface area contributed by atoms with Crippen LogP contribution in [0.1, 0.15) is 16.8 Å². The highest BCUT2D eigenvalue weighted by molar-refractivity contribution is 5.94. The molecule has 0 saturated carbocycles. The van der Waals surface area contributed by atoms with E-state index in [4.69, 9.17) is 9.47 Å². The molecule has 2 rings (SSSR count). The van der Waals surface area contributed by atoms with Crippen LogP contribution in [-0.4, -0.2) is 57.2 Å². The van der Waals surface area contributed by atoms with Gasteiger partial charge in [0.05, 0.1) is 37.4 Å². The van der Waals surface area contributed by atoms with Crippen LogP contribution in [0.25, 0.3) is 0 Å². The van der Waals surface area contributed by atoms with E-state index in [0.717, 1.165) is 18.7 Å². The minimum absolute atomic E-state index is 0.141. The molecule has 2 aromatic rings. The number of amides is 1. The molecule has 7 heteroatoms. The molecule has 0 atom stereocenters. The highest BCUT2D eigenvalue weighted by Crippen LogP contribution is 2.31. The molecule has 0 aliphatic heterocycles. The summed E-state index contributed by atoms with van der Waals surface area (Å²) >= 11 is 0. The van der Waals surface area contributed by atoms with Gasteiger partial charge >= 0.3 is 0 Å². The number of ether oxygens (including phenoxy) is 2. The predicted octanol–water partition coefficient (Wildman–Crippen LogP) is 2.52. The number of nitrogens with zero attached hydrogens (tertiary/aromatic N) is 2. The second kappa shape index (κ2) is 9.62. The van der Waals surface area contributed by atoms with Gasteiger partial charge in [0.15, 0.2) is 0 Å². The van der Waals surface area contributed by atoms with Gasteiger partial charge in [-0.2, -0.15) is 0 Å². The molecule has 0 saturated heterocycles. The van der Waals surface area contributed by atoms with E-state index in [1.807, 2.05) is 32.3 Å². The summed E-state index contributed by atoms with van der Waals surface area (Å²) in [7, 11) is 7.22. The molecular formula is C19H26N4O3. The molecule has 0 aliphatic carbocycles. The lowest BCUT2D eigenvalue weighted by atomic mass is 10.2. The Morgan fingerprint density at radius 2 is 1.96 bits per heavy atom. The summed E-state index contributed by atoms with van der Waals surface area (Å²) in [6, 6.07) is 7.22. The Kier molecular flexibility index (Phi) is 7.23. The first kappa shape index (κ1) is 19.5. The van der Waals surface area contributed by atoms with E-state index in [1.54, 1.807) is 32.7 Å². The van der Waals surface area contributed by atoms with Gasteiger partial charge in [0.2, 0.25) is 0 Å². The van der Waals surface area contributed by atoms with Crippen molar-refractivity contribution in [1.29, 1.82) is 0 Å². The van der Waals surface area contributed by atoms with E-state index in [1.165, 1.54) is 0 Å². The normalized spacial score (nSPS) is 10.5. The van der Waals surface area contributed by atoms with Gasteiger partial charge in [0, 0.05) is 18.8 Å². The van der Waals surface area contributed by atoms with Crippen molar-refractivity contribution in [2.75, 3.05) is 46.7 Å². The van der Waals surface area contributed by atoms with Gasteiger partial charge < -0.3 is 25.0 Å². The van der Waals surface area contributed by atoms with Gasteiger partial charge in [0.1, 0.15) is 11.5 Å².